The summed E-state index contributed by atoms with van der Waals surface area (Å²) in [6, 6.07) is 6.04. The number of halogens is 1. The highest BCUT2D eigenvalue weighted by Gasteiger charge is 2.62. The Kier molecular flexibility index (Phi) is 6.12. The zero-order chi connectivity index (χ0) is 25.1. The van der Waals surface area contributed by atoms with Crippen LogP contribution in [-0.4, -0.2) is 27.5 Å². The van der Waals surface area contributed by atoms with Gasteiger partial charge in [0.1, 0.15) is 0 Å². The minimum Gasteiger partial charge on any atom is -0.481 e. The van der Waals surface area contributed by atoms with Gasteiger partial charge in [-0.25, -0.2) is 4.79 Å². The van der Waals surface area contributed by atoms with Gasteiger partial charge in [-0.15, -0.1) is 0 Å². The molecular weight excluding hydrogens is 448 g/mol. The Hall–Kier alpha value is -2.01. The number of rotatable bonds is 6. The lowest BCUT2D eigenvalue weighted by molar-refractivity contribution is -0.148. The maximum Gasteiger partial charge on any atom is 0.322 e. The van der Waals surface area contributed by atoms with Crippen LogP contribution in [0.3, 0.4) is 0 Å². The third-order valence-electron chi connectivity index (χ3n) is 8.59. The zero-order valence-corrected chi connectivity index (χ0v) is 22.2. The van der Waals surface area contributed by atoms with E-state index in [0.717, 1.165) is 47.4 Å². The summed E-state index contributed by atoms with van der Waals surface area (Å²) in [5.74, 6) is -0.528. The normalized spacial score (nSPS) is 31.1. The van der Waals surface area contributed by atoms with Crippen molar-refractivity contribution in [1.29, 1.82) is 0 Å². The smallest absolute Gasteiger partial charge is 0.322 e. The molecule has 4 rings (SSSR count). The number of carbonyl (C=O) groups excluding carboxylic acids is 1. The quantitative estimate of drug-likeness (QED) is 0.460. The van der Waals surface area contributed by atoms with E-state index in [9.17, 15) is 14.7 Å². The van der Waals surface area contributed by atoms with Gasteiger partial charge >= 0.3 is 12.0 Å². The fourth-order valence-electron chi connectivity index (χ4n) is 6.35. The molecule has 6 heteroatoms. The number of hydrogen-bond donors (Lipinski definition) is 2. The van der Waals surface area contributed by atoms with Gasteiger partial charge in [0.2, 0.25) is 0 Å². The standard InChI is InChI=1S/C28H39ClN2O3/c1-18(2)21-16-31(28-13-11-27(17-28,12-14-28)23(32)33)24(34)30-26(21,6)20-8-7-19(22(29)15-20)9-10-25(3,4)5/h7-8,15-16,18H,9-14,17H2,1-6H3,(H,30,34)(H,32,33)/t26-,27?,28?/m0/s1. The number of benzene rings is 1. The number of fused-ring (bicyclic) bond motifs is 2. The fraction of sp³-hybridized carbons (Fsp3) is 0.643. The summed E-state index contributed by atoms with van der Waals surface area (Å²) in [7, 11) is 0. The van der Waals surface area contributed by atoms with E-state index >= 15 is 0 Å². The number of hydrogen-bond acceptors (Lipinski definition) is 2. The predicted molar refractivity (Wildman–Crippen MR) is 136 cm³/mol. The van der Waals surface area contributed by atoms with Crippen LogP contribution in [0.2, 0.25) is 5.02 Å². The van der Waals surface area contributed by atoms with Crippen molar-refractivity contribution >= 4 is 23.6 Å². The molecule has 5 nitrogen and oxygen atoms in total. The molecule has 34 heavy (non-hydrogen) atoms. The topological polar surface area (TPSA) is 69.6 Å². The summed E-state index contributed by atoms with van der Waals surface area (Å²) >= 11 is 6.73. The van der Waals surface area contributed by atoms with Crippen LogP contribution in [0.25, 0.3) is 0 Å². The first-order valence-corrected chi connectivity index (χ1v) is 13.0. The van der Waals surface area contributed by atoms with Crippen molar-refractivity contribution in [3.63, 3.8) is 0 Å². The molecule has 1 atom stereocenters. The van der Waals surface area contributed by atoms with Gasteiger partial charge in [0.05, 0.1) is 16.5 Å². The lowest BCUT2D eigenvalue weighted by atomic mass is 9.77. The Morgan fingerprint density at radius 1 is 1.21 bits per heavy atom. The van der Waals surface area contributed by atoms with Crippen molar-refractivity contribution in [2.45, 2.75) is 97.6 Å². The number of carboxylic acid groups (broad SMARTS) is 1. The Labute approximate surface area is 208 Å². The van der Waals surface area contributed by atoms with E-state index in [1.165, 1.54) is 0 Å². The zero-order valence-electron chi connectivity index (χ0n) is 21.4. The molecule has 1 aliphatic heterocycles. The first-order valence-electron chi connectivity index (χ1n) is 12.6. The molecule has 2 amide bonds. The Bertz CT molecular complexity index is 1030. The molecule has 0 unspecified atom stereocenters. The van der Waals surface area contributed by atoms with Gasteiger partial charge in [-0.05, 0) is 86.0 Å². The van der Waals surface area contributed by atoms with Crippen LogP contribution in [-0.2, 0) is 16.8 Å². The van der Waals surface area contributed by atoms with E-state index < -0.39 is 22.5 Å². The molecule has 2 fully saturated rings. The van der Waals surface area contributed by atoms with Gasteiger partial charge in [0.15, 0.2) is 0 Å². The largest absolute Gasteiger partial charge is 0.481 e. The highest BCUT2D eigenvalue weighted by Crippen LogP contribution is 2.60. The highest BCUT2D eigenvalue weighted by molar-refractivity contribution is 6.31. The van der Waals surface area contributed by atoms with Crippen molar-refractivity contribution in [3.8, 4) is 0 Å². The lowest BCUT2D eigenvalue weighted by Crippen LogP contribution is -2.60. The van der Waals surface area contributed by atoms with Crippen molar-refractivity contribution in [1.82, 2.24) is 10.2 Å². The number of aliphatic carboxylic acids is 1. The minimum absolute atomic E-state index is 0.150. The van der Waals surface area contributed by atoms with Gasteiger partial charge in [0.25, 0.3) is 0 Å². The predicted octanol–water partition coefficient (Wildman–Crippen LogP) is 6.89. The fourth-order valence-corrected chi connectivity index (χ4v) is 6.63. The number of nitrogens with one attached hydrogen (secondary N) is 1. The number of amides is 2. The number of carbonyl (C=O) groups is 2. The average molecular weight is 487 g/mol. The molecule has 186 valence electrons. The van der Waals surface area contributed by atoms with Crippen LogP contribution in [0, 0.1) is 16.7 Å². The lowest BCUT2D eigenvalue weighted by Gasteiger charge is -2.47. The van der Waals surface area contributed by atoms with Crippen LogP contribution in [0.15, 0.2) is 30.0 Å². The number of urea groups is 1. The summed E-state index contributed by atoms with van der Waals surface area (Å²) in [6.45, 7) is 13.0. The summed E-state index contributed by atoms with van der Waals surface area (Å²) in [6.07, 6.45) is 7.27. The molecule has 0 aromatic heterocycles. The summed E-state index contributed by atoms with van der Waals surface area (Å²) in [5, 5.41) is 13.9. The van der Waals surface area contributed by atoms with Crippen molar-refractivity contribution in [3.05, 3.63) is 46.1 Å². The molecule has 0 spiro atoms. The van der Waals surface area contributed by atoms with Crippen LogP contribution < -0.4 is 5.32 Å². The Morgan fingerprint density at radius 3 is 2.35 bits per heavy atom. The van der Waals surface area contributed by atoms with E-state index in [0.29, 0.717) is 19.3 Å². The second-order valence-corrected chi connectivity index (χ2v) is 12.9. The molecule has 1 heterocycles. The first-order chi connectivity index (χ1) is 15.7. The molecule has 1 aromatic rings. The molecule has 0 saturated heterocycles. The van der Waals surface area contributed by atoms with Gasteiger partial charge in [-0.1, -0.05) is 58.4 Å². The molecule has 2 saturated carbocycles. The Morgan fingerprint density at radius 2 is 1.85 bits per heavy atom. The third kappa shape index (κ3) is 4.14. The van der Waals surface area contributed by atoms with Gasteiger partial charge in [0, 0.05) is 11.2 Å². The SMILES string of the molecule is CC(C)C1=CN(C23CCC(C(=O)O)(CC2)C3)C(=O)N[C@@]1(C)c1ccc(CCC(C)(C)C)c(Cl)c1. The van der Waals surface area contributed by atoms with Gasteiger partial charge < -0.3 is 10.4 Å². The van der Waals surface area contributed by atoms with Gasteiger partial charge in [-0.2, -0.15) is 0 Å². The monoisotopic (exact) mass is 486 g/mol. The van der Waals surface area contributed by atoms with Crippen molar-refractivity contribution in [2.24, 2.45) is 16.7 Å². The average Bonchev–Trinajstić information content (AvgIpc) is 3.31. The van der Waals surface area contributed by atoms with E-state index in [1.54, 1.807) is 0 Å². The van der Waals surface area contributed by atoms with Crippen LogP contribution in [0.5, 0.6) is 0 Å². The molecule has 2 aliphatic carbocycles. The molecule has 3 aliphatic rings. The first kappa shape index (κ1) is 25.1. The second-order valence-electron chi connectivity index (χ2n) is 12.5. The van der Waals surface area contributed by atoms with Crippen LogP contribution in [0.1, 0.15) is 91.2 Å². The Balaban J connectivity index is 1.67. The molecule has 2 bridgehead atoms. The van der Waals surface area contributed by atoms with Crippen molar-refractivity contribution in [2.75, 3.05) is 0 Å². The summed E-state index contributed by atoms with van der Waals surface area (Å²) in [4.78, 5) is 27.3. The third-order valence-corrected chi connectivity index (χ3v) is 8.94. The number of carboxylic acids is 1. The molecule has 2 N–H and O–H groups in total. The minimum atomic E-state index is -0.719. The summed E-state index contributed by atoms with van der Waals surface area (Å²) in [5.41, 5.74) is 1.69. The molecular formula is C28H39ClN2O3. The van der Waals surface area contributed by atoms with E-state index in [-0.39, 0.29) is 17.4 Å². The highest BCUT2D eigenvalue weighted by atomic mass is 35.5. The maximum absolute atomic E-state index is 13.5. The maximum atomic E-state index is 13.5. The van der Waals surface area contributed by atoms with Crippen molar-refractivity contribution < 1.29 is 14.7 Å². The molecule has 1 aromatic carbocycles. The number of nitrogens with zero attached hydrogens (tertiary/aromatic N) is 1. The van der Waals surface area contributed by atoms with Crippen LogP contribution in [0.4, 0.5) is 4.79 Å². The summed E-state index contributed by atoms with van der Waals surface area (Å²) < 4.78 is 0. The van der Waals surface area contributed by atoms with E-state index in [4.69, 9.17) is 11.6 Å². The molecule has 0 radical (unpaired) electrons. The number of aryl methyl sites for hydroxylation is 1. The van der Waals surface area contributed by atoms with E-state index in [2.05, 4.69) is 59.0 Å². The van der Waals surface area contributed by atoms with Gasteiger partial charge in [-0.3, -0.25) is 9.69 Å². The van der Waals surface area contributed by atoms with E-state index in [1.807, 2.05) is 17.2 Å². The second kappa shape index (κ2) is 8.29. The van der Waals surface area contributed by atoms with Crippen LogP contribution >= 0.6 is 11.6 Å².